The Kier molecular flexibility index (Phi) is 7.39. The molecule has 2 aromatic rings. The summed E-state index contributed by atoms with van der Waals surface area (Å²) >= 11 is 1.43. The standard InChI is InChI=1S/C20H22N6OS/c1-4-15-16(10-22)20(28-12-14-7-5-13(9-21)6-8-14)25-19(18(15)24-2)26(3)11-17(23)27/h5-8H,4,9,11-12,21H2,1,3H3,(H2,23,27). The minimum Gasteiger partial charge on any atom is -0.368 e. The lowest BCUT2D eigenvalue weighted by Gasteiger charge is -2.21. The molecule has 0 aliphatic heterocycles. The molecule has 1 amide bonds. The predicted molar refractivity (Wildman–Crippen MR) is 111 cm³/mol. The van der Waals surface area contributed by atoms with Crippen molar-refractivity contribution in [1.82, 2.24) is 4.98 Å². The first kappa shape index (κ1) is 21.2. The highest BCUT2D eigenvalue weighted by atomic mass is 32.2. The zero-order chi connectivity index (χ0) is 20.7. The summed E-state index contributed by atoms with van der Waals surface area (Å²) in [7, 11) is 1.66. The Bertz CT molecular complexity index is 943. The average Bonchev–Trinajstić information content (AvgIpc) is 2.70. The molecule has 1 aromatic carbocycles. The van der Waals surface area contributed by atoms with Crippen LogP contribution in [0.4, 0.5) is 11.5 Å². The normalized spacial score (nSPS) is 10.2. The first-order chi connectivity index (χ1) is 13.4. The molecule has 28 heavy (non-hydrogen) atoms. The lowest BCUT2D eigenvalue weighted by molar-refractivity contribution is -0.116. The summed E-state index contributed by atoms with van der Waals surface area (Å²) in [5, 5.41) is 10.2. The quantitative estimate of drug-likeness (QED) is 0.526. The monoisotopic (exact) mass is 394 g/mol. The number of anilines is 1. The molecule has 0 atom stereocenters. The molecule has 0 fully saturated rings. The van der Waals surface area contributed by atoms with E-state index in [9.17, 15) is 10.1 Å². The minimum atomic E-state index is -0.517. The van der Waals surface area contributed by atoms with E-state index < -0.39 is 5.91 Å². The van der Waals surface area contributed by atoms with Crippen LogP contribution in [0.3, 0.4) is 0 Å². The van der Waals surface area contributed by atoms with Crippen LogP contribution in [-0.2, 0) is 23.5 Å². The van der Waals surface area contributed by atoms with Gasteiger partial charge in [-0.3, -0.25) is 4.79 Å². The maximum absolute atomic E-state index is 11.3. The maximum atomic E-state index is 11.3. The van der Waals surface area contributed by atoms with E-state index >= 15 is 0 Å². The molecule has 1 aromatic heterocycles. The van der Waals surface area contributed by atoms with Crippen molar-refractivity contribution in [1.29, 1.82) is 5.26 Å². The second-order valence-corrected chi connectivity index (χ2v) is 7.12. The molecule has 2 rings (SSSR count). The van der Waals surface area contributed by atoms with Crippen molar-refractivity contribution in [3.8, 4) is 6.07 Å². The molecule has 4 N–H and O–H groups in total. The van der Waals surface area contributed by atoms with Crippen LogP contribution in [0.5, 0.6) is 0 Å². The second-order valence-electron chi connectivity index (χ2n) is 6.15. The molecule has 0 saturated heterocycles. The highest BCUT2D eigenvalue weighted by molar-refractivity contribution is 7.98. The van der Waals surface area contributed by atoms with E-state index in [0.29, 0.717) is 46.4 Å². The van der Waals surface area contributed by atoms with Gasteiger partial charge in [-0.1, -0.05) is 31.2 Å². The number of benzene rings is 1. The molecule has 7 nitrogen and oxygen atoms in total. The molecule has 0 radical (unpaired) electrons. The van der Waals surface area contributed by atoms with Gasteiger partial charge in [-0.2, -0.15) is 5.26 Å². The molecule has 8 heteroatoms. The Hall–Kier alpha value is -3.07. The Balaban J connectivity index is 2.45. The van der Waals surface area contributed by atoms with Gasteiger partial charge in [-0.25, -0.2) is 9.83 Å². The number of rotatable bonds is 8. The summed E-state index contributed by atoms with van der Waals surface area (Å²) in [5.74, 6) is 0.467. The van der Waals surface area contributed by atoms with E-state index in [1.54, 1.807) is 11.9 Å². The van der Waals surface area contributed by atoms with Crippen LogP contribution in [0, 0.1) is 17.9 Å². The third-order valence-corrected chi connectivity index (χ3v) is 5.23. The summed E-state index contributed by atoms with van der Waals surface area (Å²) in [6.07, 6.45) is 0.513. The van der Waals surface area contributed by atoms with Gasteiger partial charge >= 0.3 is 0 Å². The molecular formula is C20H22N6OS. The highest BCUT2D eigenvalue weighted by Gasteiger charge is 2.22. The van der Waals surface area contributed by atoms with Crippen LogP contribution in [0.2, 0.25) is 0 Å². The van der Waals surface area contributed by atoms with Crippen LogP contribution in [0.1, 0.15) is 29.2 Å². The van der Waals surface area contributed by atoms with Gasteiger partial charge in [0.25, 0.3) is 0 Å². The third kappa shape index (κ3) is 4.80. The first-order valence-electron chi connectivity index (χ1n) is 8.69. The minimum absolute atomic E-state index is 0.0603. The van der Waals surface area contributed by atoms with Crippen molar-refractivity contribution in [2.75, 3.05) is 18.5 Å². The lowest BCUT2D eigenvalue weighted by atomic mass is 10.1. The van der Waals surface area contributed by atoms with Crippen LogP contribution >= 0.6 is 11.8 Å². The molecule has 1 heterocycles. The topological polar surface area (TPSA) is 113 Å². The largest absolute Gasteiger partial charge is 0.368 e. The number of amides is 1. The number of thioether (sulfide) groups is 1. The summed E-state index contributed by atoms with van der Waals surface area (Å²) in [6, 6.07) is 10.1. The number of pyridine rings is 1. The van der Waals surface area contributed by atoms with E-state index in [4.69, 9.17) is 18.0 Å². The average molecular weight is 395 g/mol. The molecule has 0 unspecified atom stereocenters. The highest BCUT2D eigenvalue weighted by Crippen LogP contribution is 2.38. The van der Waals surface area contributed by atoms with E-state index in [2.05, 4.69) is 15.9 Å². The second kappa shape index (κ2) is 9.75. The van der Waals surface area contributed by atoms with E-state index in [0.717, 1.165) is 11.1 Å². The Morgan fingerprint density at radius 2 is 2.00 bits per heavy atom. The molecule has 0 bridgehead atoms. The van der Waals surface area contributed by atoms with E-state index in [-0.39, 0.29) is 6.54 Å². The molecule has 0 spiro atoms. The number of nitrogens with zero attached hydrogens (tertiary/aromatic N) is 4. The lowest BCUT2D eigenvalue weighted by Crippen LogP contribution is -2.31. The summed E-state index contributed by atoms with van der Waals surface area (Å²) in [4.78, 5) is 21.0. The van der Waals surface area contributed by atoms with Gasteiger partial charge in [-0.05, 0) is 23.1 Å². The fraction of sp³-hybridized carbons (Fsp3) is 0.300. The smallest absolute Gasteiger partial charge is 0.236 e. The number of aromatic nitrogens is 1. The van der Waals surface area contributed by atoms with Crippen LogP contribution in [-0.4, -0.2) is 24.5 Å². The van der Waals surface area contributed by atoms with Crippen molar-refractivity contribution < 1.29 is 4.79 Å². The maximum Gasteiger partial charge on any atom is 0.236 e. The van der Waals surface area contributed by atoms with E-state index in [1.165, 1.54) is 11.8 Å². The first-order valence-corrected chi connectivity index (χ1v) is 9.68. The fourth-order valence-electron chi connectivity index (χ4n) is 2.77. The number of carbonyl (C=O) groups excluding carboxylic acids is 1. The zero-order valence-electron chi connectivity index (χ0n) is 15.9. The van der Waals surface area contributed by atoms with E-state index in [1.807, 2.05) is 31.2 Å². The predicted octanol–water partition coefficient (Wildman–Crippen LogP) is 2.74. The van der Waals surface area contributed by atoms with Crippen molar-refractivity contribution in [3.05, 3.63) is 57.9 Å². The van der Waals surface area contributed by atoms with Crippen LogP contribution < -0.4 is 16.4 Å². The number of hydrogen-bond donors (Lipinski definition) is 2. The fourth-order valence-corrected chi connectivity index (χ4v) is 3.73. The molecule has 0 aliphatic carbocycles. The molecular weight excluding hydrogens is 372 g/mol. The Morgan fingerprint density at radius 3 is 2.50 bits per heavy atom. The van der Waals surface area contributed by atoms with Crippen LogP contribution in [0.15, 0.2) is 29.3 Å². The SMILES string of the molecule is [C-]#[N+]c1c(N(C)CC(N)=O)nc(SCc2ccc(CN)cc2)c(C#N)c1CC. The van der Waals surface area contributed by atoms with Gasteiger partial charge < -0.3 is 16.4 Å². The Morgan fingerprint density at radius 1 is 1.36 bits per heavy atom. The molecule has 0 aliphatic rings. The van der Waals surface area contributed by atoms with Gasteiger partial charge in [0.1, 0.15) is 16.9 Å². The van der Waals surface area contributed by atoms with Crippen molar-refractivity contribution >= 4 is 29.2 Å². The zero-order valence-corrected chi connectivity index (χ0v) is 16.7. The van der Waals surface area contributed by atoms with Gasteiger partial charge in [0.2, 0.25) is 11.6 Å². The van der Waals surface area contributed by atoms with Gasteiger partial charge in [0, 0.05) is 19.3 Å². The third-order valence-electron chi connectivity index (χ3n) is 4.19. The van der Waals surface area contributed by atoms with Crippen molar-refractivity contribution in [2.45, 2.75) is 30.7 Å². The van der Waals surface area contributed by atoms with Gasteiger partial charge in [-0.15, -0.1) is 11.8 Å². The van der Waals surface area contributed by atoms with Crippen molar-refractivity contribution in [2.24, 2.45) is 11.5 Å². The van der Waals surface area contributed by atoms with Gasteiger partial charge in [0.05, 0.1) is 18.7 Å². The Labute approximate surface area is 169 Å². The van der Waals surface area contributed by atoms with Crippen molar-refractivity contribution in [3.63, 3.8) is 0 Å². The molecule has 144 valence electrons. The number of nitrogens with two attached hydrogens (primary N) is 2. The number of likely N-dealkylation sites (N-methyl/N-ethyl adjacent to an activating group) is 1. The summed E-state index contributed by atoms with van der Waals surface area (Å²) < 4.78 is 0. The molecule has 0 saturated carbocycles. The number of hydrogen-bond acceptors (Lipinski definition) is 6. The summed E-state index contributed by atoms with van der Waals surface area (Å²) in [6.45, 7) is 9.86. The summed E-state index contributed by atoms with van der Waals surface area (Å²) in [5.41, 5.74) is 14.4. The number of primary amides is 1. The van der Waals surface area contributed by atoms with Crippen LogP contribution in [0.25, 0.3) is 4.85 Å². The number of carbonyl (C=O) groups is 1. The number of nitriles is 1. The van der Waals surface area contributed by atoms with Gasteiger partial charge in [0.15, 0.2) is 0 Å².